The van der Waals surface area contributed by atoms with E-state index in [1.807, 2.05) is 24.3 Å². The number of benzene rings is 2. The van der Waals surface area contributed by atoms with E-state index in [1.54, 1.807) is 13.2 Å². The Kier molecular flexibility index (Phi) is 6.51. The number of methoxy groups -OCH3 is 1. The van der Waals surface area contributed by atoms with Crippen LogP contribution in [0.3, 0.4) is 0 Å². The lowest BCUT2D eigenvalue weighted by molar-refractivity contribution is 0.0322. The van der Waals surface area contributed by atoms with Crippen LogP contribution in [0.5, 0.6) is 17.2 Å². The normalized spacial score (nSPS) is 22.5. The van der Waals surface area contributed by atoms with Crippen molar-refractivity contribution < 1.29 is 19.3 Å². The molecule has 7 nitrogen and oxygen atoms in total. The van der Waals surface area contributed by atoms with Gasteiger partial charge in [-0.15, -0.1) is 0 Å². The summed E-state index contributed by atoms with van der Waals surface area (Å²) in [5, 5.41) is 10.7. The molecule has 0 radical (unpaired) electrons. The third-order valence-electron chi connectivity index (χ3n) is 5.64. The lowest BCUT2D eigenvalue weighted by Gasteiger charge is -2.26. The van der Waals surface area contributed by atoms with Gasteiger partial charge in [0.25, 0.3) is 0 Å². The lowest BCUT2D eigenvalue weighted by Crippen LogP contribution is -2.38. The highest BCUT2D eigenvalue weighted by atomic mass is 16.5. The third-order valence-corrected chi connectivity index (χ3v) is 5.64. The Hall–Kier alpha value is -2.32. The number of hydrogen-bond acceptors (Lipinski definition) is 7. The van der Waals surface area contributed by atoms with E-state index < -0.39 is 0 Å². The summed E-state index contributed by atoms with van der Waals surface area (Å²) < 4.78 is 16.5. The molecule has 0 bridgehead atoms. The first-order valence-electron chi connectivity index (χ1n) is 10.1. The molecular weight excluding hydrogens is 370 g/mol. The van der Waals surface area contributed by atoms with Crippen LogP contribution in [-0.2, 0) is 4.74 Å². The van der Waals surface area contributed by atoms with Gasteiger partial charge in [-0.2, -0.15) is 0 Å². The van der Waals surface area contributed by atoms with Crippen LogP contribution in [-0.4, -0.2) is 63.1 Å². The highest BCUT2D eigenvalue weighted by Gasteiger charge is 2.31. The fraction of sp³-hybridized carbons (Fsp3) is 0.455. The van der Waals surface area contributed by atoms with Crippen LogP contribution < -0.4 is 20.3 Å². The molecular formula is C22H29N3O4. The Morgan fingerprint density at radius 3 is 2.59 bits per heavy atom. The predicted octanol–water partition coefficient (Wildman–Crippen LogP) is 2.04. The molecule has 4 rings (SSSR count). The summed E-state index contributed by atoms with van der Waals surface area (Å²) in [6.07, 6.45) is 0. The molecule has 2 aromatic rings. The minimum absolute atomic E-state index is 0.0224. The van der Waals surface area contributed by atoms with E-state index in [1.165, 1.54) is 5.56 Å². The molecule has 2 heterocycles. The van der Waals surface area contributed by atoms with Crippen molar-refractivity contribution in [3.63, 3.8) is 0 Å². The fourth-order valence-electron chi connectivity index (χ4n) is 3.95. The van der Waals surface area contributed by atoms with Gasteiger partial charge < -0.3 is 19.3 Å². The van der Waals surface area contributed by atoms with Crippen LogP contribution in [0, 0.1) is 0 Å². The van der Waals surface area contributed by atoms with Gasteiger partial charge in [0.15, 0.2) is 0 Å². The molecule has 156 valence electrons. The minimum atomic E-state index is -0.0224. The number of morpholine rings is 1. The molecule has 0 amide bonds. The predicted molar refractivity (Wildman–Crippen MR) is 110 cm³/mol. The van der Waals surface area contributed by atoms with E-state index in [9.17, 15) is 5.11 Å². The van der Waals surface area contributed by atoms with Crippen LogP contribution in [0.4, 0.5) is 0 Å². The molecule has 0 saturated carbocycles. The summed E-state index contributed by atoms with van der Waals surface area (Å²) >= 11 is 0. The number of nitrogens with zero attached hydrogens (tertiary/aromatic N) is 1. The Bertz CT molecular complexity index is 793. The second-order valence-corrected chi connectivity index (χ2v) is 7.41. The van der Waals surface area contributed by atoms with Crippen LogP contribution in [0.25, 0.3) is 0 Å². The van der Waals surface area contributed by atoms with Crippen molar-refractivity contribution in [2.45, 2.75) is 12.0 Å². The Labute approximate surface area is 171 Å². The first-order chi connectivity index (χ1) is 14.2. The molecule has 2 fully saturated rings. The van der Waals surface area contributed by atoms with Gasteiger partial charge in [-0.1, -0.05) is 18.2 Å². The molecule has 2 saturated heterocycles. The minimum Gasteiger partial charge on any atom is -0.507 e. The molecule has 2 aliphatic rings. The highest BCUT2D eigenvalue weighted by molar-refractivity contribution is 5.44. The van der Waals surface area contributed by atoms with Gasteiger partial charge in [-0.25, -0.2) is 5.43 Å². The maximum atomic E-state index is 10.7. The van der Waals surface area contributed by atoms with Crippen molar-refractivity contribution in [3.8, 4) is 17.2 Å². The molecule has 7 heteroatoms. The fourth-order valence-corrected chi connectivity index (χ4v) is 3.95. The van der Waals surface area contributed by atoms with Gasteiger partial charge >= 0.3 is 0 Å². The highest BCUT2D eigenvalue weighted by Crippen LogP contribution is 2.38. The molecule has 29 heavy (non-hydrogen) atoms. The second-order valence-electron chi connectivity index (χ2n) is 7.41. The SMILES string of the molecule is COc1ccc(C2CNNC2c2ccc(OCCN3CCOCC3)cc2O)cc1. The van der Waals surface area contributed by atoms with Gasteiger partial charge in [0.05, 0.1) is 26.4 Å². The summed E-state index contributed by atoms with van der Waals surface area (Å²) in [6.45, 7) is 5.70. The van der Waals surface area contributed by atoms with Crippen molar-refractivity contribution in [2.75, 3.05) is 53.1 Å². The average Bonchev–Trinajstić information content (AvgIpc) is 3.24. The van der Waals surface area contributed by atoms with E-state index in [0.29, 0.717) is 12.4 Å². The maximum Gasteiger partial charge on any atom is 0.124 e. The maximum absolute atomic E-state index is 10.7. The van der Waals surface area contributed by atoms with Crippen LogP contribution in [0.2, 0.25) is 0 Å². The molecule has 2 aliphatic heterocycles. The second kappa shape index (κ2) is 9.45. The van der Waals surface area contributed by atoms with E-state index in [0.717, 1.165) is 50.7 Å². The van der Waals surface area contributed by atoms with E-state index in [-0.39, 0.29) is 17.7 Å². The molecule has 0 aliphatic carbocycles. The average molecular weight is 399 g/mol. The number of aromatic hydroxyl groups is 1. The van der Waals surface area contributed by atoms with E-state index >= 15 is 0 Å². The molecule has 3 N–H and O–H groups in total. The lowest BCUT2D eigenvalue weighted by atomic mass is 9.88. The summed E-state index contributed by atoms with van der Waals surface area (Å²) in [5.74, 6) is 1.98. The van der Waals surface area contributed by atoms with E-state index in [4.69, 9.17) is 14.2 Å². The first kappa shape index (κ1) is 20.0. The molecule has 2 aromatic carbocycles. The summed E-state index contributed by atoms with van der Waals surface area (Å²) in [5.41, 5.74) is 8.57. The number of phenols is 1. The number of phenolic OH excluding ortho intramolecular Hbond substituents is 1. The first-order valence-corrected chi connectivity index (χ1v) is 10.1. The molecule has 0 aromatic heterocycles. The Morgan fingerprint density at radius 1 is 1.10 bits per heavy atom. The topological polar surface area (TPSA) is 75.2 Å². The zero-order valence-electron chi connectivity index (χ0n) is 16.8. The summed E-state index contributed by atoms with van der Waals surface area (Å²) in [7, 11) is 1.67. The number of hydrogen-bond donors (Lipinski definition) is 3. The Balaban J connectivity index is 1.39. The van der Waals surface area contributed by atoms with Gasteiger partial charge in [0.1, 0.15) is 23.9 Å². The van der Waals surface area contributed by atoms with Gasteiger partial charge in [-0.3, -0.25) is 10.3 Å². The molecule has 0 spiro atoms. The zero-order chi connectivity index (χ0) is 20.1. The number of nitrogens with one attached hydrogen (secondary N) is 2. The van der Waals surface area contributed by atoms with E-state index in [2.05, 4.69) is 27.9 Å². The largest absolute Gasteiger partial charge is 0.507 e. The van der Waals surface area contributed by atoms with Crippen molar-refractivity contribution in [1.82, 2.24) is 15.8 Å². The standard InChI is InChI=1S/C22H29N3O4/c1-27-17-4-2-16(3-5-17)20-15-23-24-22(20)19-7-6-18(14-21(19)26)29-13-10-25-8-11-28-12-9-25/h2-7,14,20,22-24,26H,8-13,15H2,1H3. The van der Waals surface area contributed by atoms with Crippen molar-refractivity contribution >= 4 is 0 Å². The van der Waals surface area contributed by atoms with Crippen molar-refractivity contribution in [1.29, 1.82) is 0 Å². The summed E-state index contributed by atoms with van der Waals surface area (Å²) in [4.78, 5) is 2.32. The van der Waals surface area contributed by atoms with Crippen LogP contribution in [0.15, 0.2) is 42.5 Å². The molecule has 2 unspecified atom stereocenters. The number of rotatable bonds is 7. The Morgan fingerprint density at radius 2 is 1.86 bits per heavy atom. The van der Waals surface area contributed by atoms with Crippen LogP contribution in [0.1, 0.15) is 23.1 Å². The molecule has 2 atom stereocenters. The number of ether oxygens (including phenoxy) is 3. The van der Waals surface area contributed by atoms with Crippen LogP contribution >= 0.6 is 0 Å². The number of hydrazine groups is 1. The summed E-state index contributed by atoms with van der Waals surface area (Å²) in [6, 6.07) is 13.6. The van der Waals surface area contributed by atoms with Gasteiger partial charge in [-0.05, 0) is 23.8 Å². The van der Waals surface area contributed by atoms with Crippen molar-refractivity contribution in [2.24, 2.45) is 0 Å². The van der Waals surface area contributed by atoms with Crippen molar-refractivity contribution in [3.05, 3.63) is 53.6 Å². The van der Waals surface area contributed by atoms with Gasteiger partial charge in [0.2, 0.25) is 0 Å². The smallest absolute Gasteiger partial charge is 0.124 e. The monoisotopic (exact) mass is 399 g/mol. The third kappa shape index (κ3) is 4.82. The van der Waals surface area contributed by atoms with Gasteiger partial charge in [0, 0.05) is 43.7 Å². The quantitative estimate of drug-likeness (QED) is 0.658. The zero-order valence-corrected chi connectivity index (χ0v) is 16.8.